The van der Waals surface area contributed by atoms with E-state index in [9.17, 15) is 13.6 Å². The molecule has 0 bridgehead atoms. The van der Waals surface area contributed by atoms with Gasteiger partial charge in [-0.3, -0.25) is 9.35 Å². The second-order valence-electron chi connectivity index (χ2n) is 6.58. The van der Waals surface area contributed by atoms with Gasteiger partial charge in [-0.2, -0.15) is 4.21 Å². The third kappa shape index (κ3) is 4.10. The van der Waals surface area contributed by atoms with Gasteiger partial charge in [0, 0.05) is 12.6 Å². The quantitative estimate of drug-likeness (QED) is 0.415. The second-order valence-corrected chi connectivity index (χ2v) is 7.21. The Morgan fingerprint density at radius 3 is 2.85 bits per heavy atom. The van der Waals surface area contributed by atoms with Crippen LogP contribution < -0.4 is 14.8 Å². The van der Waals surface area contributed by atoms with Crippen LogP contribution in [0.2, 0.25) is 0 Å². The highest BCUT2D eigenvalue weighted by atomic mass is 32.2. The topological polar surface area (TPSA) is 97.3 Å². The number of carbonyl (C=O) groups is 1. The number of ether oxygens (including phenoxy) is 2. The first kappa shape index (κ1) is 19.7. The molecule has 0 spiro atoms. The van der Waals surface area contributed by atoms with Crippen LogP contribution in [0.3, 0.4) is 0 Å². The van der Waals surface area contributed by atoms with Gasteiger partial charge in [0.1, 0.15) is 0 Å². The molecule has 0 radical (unpaired) electrons. The maximum absolute atomic E-state index is 13.1. The van der Waals surface area contributed by atoms with E-state index in [0.29, 0.717) is 42.3 Å². The number of anilines is 1. The Morgan fingerprint density at radius 1 is 1.41 bits per heavy atom. The molecule has 1 aromatic carbocycles. The van der Waals surface area contributed by atoms with Gasteiger partial charge >= 0.3 is 11.4 Å². The third-order valence-electron chi connectivity index (χ3n) is 4.68. The van der Waals surface area contributed by atoms with Gasteiger partial charge in [0.25, 0.3) is 5.91 Å². The lowest BCUT2D eigenvalue weighted by molar-refractivity contribution is 0.0629. The standard InChI is InChI=1S/C18H24N2O6S/c1-4-5-6-25-16-9-13-12(8-15(16)24-3)18(21)20-10-11(2)7-14(20)17(19-13)26-27(22)23/h8-9,14,17,19H,2,4-7,10H2,1,3H3,(H,22,23)/t14-,17?/m0/s1. The molecule has 2 aliphatic heterocycles. The van der Waals surface area contributed by atoms with Crippen molar-refractivity contribution in [3.8, 4) is 11.5 Å². The molecule has 9 heteroatoms. The molecule has 2 N–H and O–H groups in total. The highest BCUT2D eigenvalue weighted by molar-refractivity contribution is 7.74. The number of nitrogens with one attached hydrogen (secondary N) is 1. The number of unbranched alkanes of at least 4 members (excludes halogenated alkanes) is 1. The number of methoxy groups -OCH3 is 1. The molecule has 1 saturated heterocycles. The Labute approximate surface area is 161 Å². The van der Waals surface area contributed by atoms with E-state index in [1.165, 1.54) is 7.11 Å². The van der Waals surface area contributed by atoms with Crippen molar-refractivity contribution < 1.29 is 27.2 Å². The van der Waals surface area contributed by atoms with Gasteiger partial charge in [-0.25, -0.2) is 4.18 Å². The number of rotatable bonds is 7. The molecule has 8 nitrogen and oxygen atoms in total. The molecular formula is C18H24N2O6S. The Hall–Kier alpha value is -2.10. The third-order valence-corrected chi connectivity index (χ3v) is 5.05. The fraction of sp³-hybridized carbons (Fsp3) is 0.500. The molecule has 27 heavy (non-hydrogen) atoms. The predicted molar refractivity (Wildman–Crippen MR) is 101 cm³/mol. The van der Waals surface area contributed by atoms with Gasteiger partial charge in [0.15, 0.2) is 17.7 Å². The molecular weight excluding hydrogens is 372 g/mol. The normalized spacial score (nSPS) is 22.6. The average Bonchev–Trinajstić information content (AvgIpc) is 2.98. The number of amides is 1. The Balaban J connectivity index is 2.00. The molecule has 0 aromatic heterocycles. The second kappa shape index (κ2) is 8.28. The Morgan fingerprint density at radius 2 is 2.19 bits per heavy atom. The number of fused-ring (bicyclic) bond motifs is 2. The lowest BCUT2D eigenvalue weighted by Gasteiger charge is -2.27. The molecule has 0 saturated carbocycles. The van der Waals surface area contributed by atoms with Crippen molar-refractivity contribution in [2.75, 3.05) is 25.6 Å². The first-order valence-corrected chi connectivity index (χ1v) is 9.84. The van der Waals surface area contributed by atoms with Gasteiger partial charge < -0.3 is 19.7 Å². The molecule has 3 rings (SSSR count). The zero-order valence-corrected chi connectivity index (χ0v) is 16.2. The fourth-order valence-corrected chi connectivity index (χ4v) is 3.71. The predicted octanol–water partition coefficient (Wildman–Crippen LogP) is 2.55. The van der Waals surface area contributed by atoms with Crippen molar-refractivity contribution in [1.82, 2.24) is 4.90 Å². The number of nitrogens with zero attached hydrogens (tertiary/aromatic N) is 1. The highest BCUT2D eigenvalue weighted by Gasteiger charge is 2.42. The number of benzene rings is 1. The summed E-state index contributed by atoms with van der Waals surface area (Å²) < 4.78 is 36.8. The molecule has 2 heterocycles. The molecule has 1 fully saturated rings. The molecule has 1 aromatic rings. The molecule has 2 aliphatic rings. The van der Waals surface area contributed by atoms with Gasteiger partial charge in [0.2, 0.25) is 0 Å². The summed E-state index contributed by atoms with van der Waals surface area (Å²) in [6.07, 6.45) is 1.52. The van der Waals surface area contributed by atoms with Crippen molar-refractivity contribution in [2.24, 2.45) is 0 Å². The molecule has 1 amide bonds. The van der Waals surface area contributed by atoms with Gasteiger partial charge in [0.05, 0.1) is 31.0 Å². The minimum Gasteiger partial charge on any atom is -0.493 e. The number of hydrogen-bond donors (Lipinski definition) is 2. The molecule has 2 unspecified atom stereocenters. The maximum Gasteiger partial charge on any atom is 0.304 e. The number of carbonyl (C=O) groups excluding carboxylic acids is 1. The lowest BCUT2D eigenvalue weighted by atomic mass is 10.1. The van der Waals surface area contributed by atoms with E-state index >= 15 is 0 Å². The van der Waals surface area contributed by atoms with Crippen LogP contribution in [-0.4, -0.2) is 52.1 Å². The van der Waals surface area contributed by atoms with Crippen LogP contribution in [0.5, 0.6) is 11.5 Å². The summed E-state index contributed by atoms with van der Waals surface area (Å²) in [5, 5.41) is 3.08. The van der Waals surface area contributed by atoms with E-state index in [0.717, 1.165) is 18.4 Å². The van der Waals surface area contributed by atoms with E-state index in [2.05, 4.69) is 18.8 Å². The first-order valence-electron chi connectivity index (χ1n) is 8.81. The summed E-state index contributed by atoms with van der Waals surface area (Å²) in [7, 11) is 1.52. The zero-order chi connectivity index (χ0) is 19.6. The van der Waals surface area contributed by atoms with Crippen LogP contribution in [0, 0.1) is 0 Å². The lowest BCUT2D eigenvalue weighted by Crippen LogP contribution is -2.45. The van der Waals surface area contributed by atoms with E-state index in [1.54, 1.807) is 17.0 Å². The summed E-state index contributed by atoms with van der Waals surface area (Å²) in [5.74, 6) is 0.745. The van der Waals surface area contributed by atoms with Crippen LogP contribution in [-0.2, 0) is 15.5 Å². The van der Waals surface area contributed by atoms with E-state index < -0.39 is 23.6 Å². The van der Waals surface area contributed by atoms with E-state index in [4.69, 9.17) is 13.7 Å². The van der Waals surface area contributed by atoms with Crippen molar-refractivity contribution in [1.29, 1.82) is 0 Å². The monoisotopic (exact) mass is 396 g/mol. The first-order chi connectivity index (χ1) is 12.9. The minimum absolute atomic E-state index is 0.214. The Kier molecular flexibility index (Phi) is 6.03. The maximum atomic E-state index is 13.1. The van der Waals surface area contributed by atoms with E-state index in [1.807, 2.05) is 0 Å². The summed E-state index contributed by atoms with van der Waals surface area (Å²) in [4.78, 5) is 14.7. The van der Waals surface area contributed by atoms with Crippen molar-refractivity contribution >= 4 is 23.0 Å². The summed E-state index contributed by atoms with van der Waals surface area (Å²) in [6.45, 7) is 6.90. The summed E-state index contributed by atoms with van der Waals surface area (Å²) in [6, 6.07) is 2.88. The van der Waals surface area contributed by atoms with Crippen LogP contribution >= 0.6 is 0 Å². The Bertz CT molecular complexity index is 768. The van der Waals surface area contributed by atoms with Crippen LogP contribution in [0.25, 0.3) is 0 Å². The van der Waals surface area contributed by atoms with Crippen LogP contribution in [0.1, 0.15) is 36.5 Å². The van der Waals surface area contributed by atoms with E-state index in [-0.39, 0.29) is 5.91 Å². The largest absolute Gasteiger partial charge is 0.493 e. The van der Waals surface area contributed by atoms with Crippen LogP contribution in [0.4, 0.5) is 5.69 Å². The van der Waals surface area contributed by atoms with Crippen molar-refractivity contribution in [3.63, 3.8) is 0 Å². The van der Waals surface area contributed by atoms with Crippen molar-refractivity contribution in [3.05, 3.63) is 29.8 Å². The van der Waals surface area contributed by atoms with Gasteiger partial charge in [-0.05, 0) is 18.9 Å². The van der Waals surface area contributed by atoms with Crippen LogP contribution in [0.15, 0.2) is 24.3 Å². The average molecular weight is 396 g/mol. The summed E-state index contributed by atoms with van der Waals surface area (Å²) >= 11 is -2.48. The zero-order valence-electron chi connectivity index (χ0n) is 15.4. The molecule has 148 valence electrons. The number of hydrogen-bond acceptors (Lipinski definition) is 6. The molecule has 3 atom stereocenters. The SMILES string of the molecule is C=C1C[C@H]2C(OS(=O)O)Nc3cc(OCCCC)c(OC)cc3C(=O)N2C1. The summed E-state index contributed by atoms with van der Waals surface area (Å²) in [5.41, 5.74) is 1.73. The minimum atomic E-state index is -2.48. The fourth-order valence-electron chi connectivity index (χ4n) is 3.36. The van der Waals surface area contributed by atoms with Gasteiger partial charge in [-0.15, -0.1) is 0 Å². The van der Waals surface area contributed by atoms with Crippen molar-refractivity contribution in [2.45, 2.75) is 38.5 Å². The molecule has 0 aliphatic carbocycles. The van der Waals surface area contributed by atoms with Gasteiger partial charge in [-0.1, -0.05) is 25.5 Å². The highest BCUT2D eigenvalue weighted by Crippen LogP contribution is 2.39. The smallest absolute Gasteiger partial charge is 0.304 e.